The minimum atomic E-state index is -4.55. The lowest BCUT2D eigenvalue weighted by atomic mass is 9.96. The van der Waals surface area contributed by atoms with E-state index >= 15 is 0 Å². The number of oxime groups is 1. The second-order valence-corrected chi connectivity index (χ2v) is 5.97. The molecule has 1 aromatic rings. The number of nitrogens with two attached hydrogens (primary N) is 1. The van der Waals surface area contributed by atoms with E-state index in [2.05, 4.69) is 10.1 Å². The zero-order valence-corrected chi connectivity index (χ0v) is 12.4. The third kappa shape index (κ3) is 4.51. The standard InChI is InChI=1S/C13H19F3N4O/c1-12(2,3)7-20(4)11-8(10(17)19-21)5-6-9(18-11)13(14,15)16/h5-6,21H,7H2,1-4H3,(H2,17,19). The summed E-state index contributed by atoms with van der Waals surface area (Å²) in [5, 5.41) is 11.6. The Bertz CT molecular complexity index is 535. The molecule has 21 heavy (non-hydrogen) atoms. The Labute approximate surface area is 121 Å². The summed E-state index contributed by atoms with van der Waals surface area (Å²) in [6, 6.07) is 1.96. The van der Waals surface area contributed by atoms with Gasteiger partial charge in [-0.05, 0) is 17.5 Å². The van der Waals surface area contributed by atoms with Crippen LogP contribution >= 0.6 is 0 Å². The largest absolute Gasteiger partial charge is 0.433 e. The zero-order valence-electron chi connectivity index (χ0n) is 12.4. The van der Waals surface area contributed by atoms with Gasteiger partial charge in [0, 0.05) is 13.6 Å². The van der Waals surface area contributed by atoms with Gasteiger partial charge in [-0.1, -0.05) is 25.9 Å². The number of halogens is 3. The van der Waals surface area contributed by atoms with Gasteiger partial charge in [0.1, 0.15) is 11.5 Å². The quantitative estimate of drug-likeness (QED) is 0.390. The maximum Gasteiger partial charge on any atom is 0.433 e. The number of hydrogen-bond acceptors (Lipinski definition) is 4. The van der Waals surface area contributed by atoms with Crippen LogP contribution < -0.4 is 10.6 Å². The van der Waals surface area contributed by atoms with Crippen LogP contribution in [-0.2, 0) is 6.18 Å². The van der Waals surface area contributed by atoms with Gasteiger partial charge in [-0.25, -0.2) is 4.98 Å². The molecule has 0 aromatic carbocycles. The van der Waals surface area contributed by atoms with Gasteiger partial charge in [0.15, 0.2) is 5.84 Å². The average Bonchev–Trinajstić information content (AvgIpc) is 2.34. The van der Waals surface area contributed by atoms with E-state index in [0.717, 1.165) is 12.1 Å². The monoisotopic (exact) mass is 304 g/mol. The minimum Gasteiger partial charge on any atom is -0.409 e. The van der Waals surface area contributed by atoms with Crippen LogP contribution in [0, 0.1) is 5.41 Å². The Balaban J connectivity index is 3.36. The summed E-state index contributed by atoms with van der Waals surface area (Å²) >= 11 is 0. The smallest absolute Gasteiger partial charge is 0.409 e. The molecule has 0 aliphatic heterocycles. The fraction of sp³-hybridized carbons (Fsp3) is 0.538. The molecular weight excluding hydrogens is 285 g/mol. The molecule has 0 saturated carbocycles. The maximum absolute atomic E-state index is 12.8. The van der Waals surface area contributed by atoms with Gasteiger partial charge in [0.25, 0.3) is 0 Å². The molecule has 0 fully saturated rings. The van der Waals surface area contributed by atoms with E-state index in [1.807, 2.05) is 20.8 Å². The SMILES string of the molecule is CN(CC(C)(C)C)c1nc(C(F)(F)F)ccc1C(N)=NO. The Morgan fingerprint density at radius 2 is 1.90 bits per heavy atom. The molecule has 0 amide bonds. The summed E-state index contributed by atoms with van der Waals surface area (Å²) in [5.74, 6) is -0.262. The van der Waals surface area contributed by atoms with Crippen molar-refractivity contribution >= 4 is 11.7 Å². The summed E-state index contributed by atoms with van der Waals surface area (Å²) in [6.45, 7) is 6.29. The second kappa shape index (κ2) is 5.79. The van der Waals surface area contributed by atoms with Crippen molar-refractivity contribution in [3.63, 3.8) is 0 Å². The molecule has 118 valence electrons. The normalized spacial score (nSPS) is 13.4. The molecule has 8 heteroatoms. The van der Waals surface area contributed by atoms with Gasteiger partial charge in [-0.2, -0.15) is 13.2 Å². The number of amidine groups is 1. The molecule has 0 spiro atoms. The van der Waals surface area contributed by atoms with Gasteiger partial charge in [0.05, 0.1) is 5.56 Å². The third-order valence-corrected chi connectivity index (χ3v) is 2.62. The van der Waals surface area contributed by atoms with E-state index in [1.165, 1.54) is 0 Å². The predicted molar refractivity (Wildman–Crippen MR) is 74.5 cm³/mol. The molecule has 1 heterocycles. The molecule has 5 nitrogen and oxygen atoms in total. The summed E-state index contributed by atoms with van der Waals surface area (Å²) < 4.78 is 38.4. The van der Waals surface area contributed by atoms with Gasteiger partial charge in [-0.15, -0.1) is 0 Å². The predicted octanol–water partition coefficient (Wildman–Crippen LogP) is 2.68. The topological polar surface area (TPSA) is 74.7 Å². The van der Waals surface area contributed by atoms with Crippen molar-refractivity contribution in [1.82, 2.24) is 4.98 Å². The molecule has 1 rings (SSSR count). The first kappa shape index (κ1) is 17.1. The molecule has 1 aromatic heterocycles. The lowest BCUT2D eigenvalue weighted by Crippen LogP contribution is -2.32. The number of hydrogen-bond donors (Lipinski definition) is 2. The second-order valence-electron chi connectivity index (χ2n) is 5.97. The van der Waals surface area contributed by atoms with Crippen molar-refractivity contribution in [1.29, 1.82) is 0 Å². The van der Waals surface area contributed by atoms with E-state index in [0.29, 0.717) is 6.54 Å². The Hall–Kier alpha value is -1.99. The zero-order chi connectivity index (χ0) is 16.4. The fourth-order valence-corrected chi connectivity index (χ4v) is 1.94. The molecule has 0 bridgehead atoms. The van der Waals surface area contributed by atoms with Crippen molar-refractivity contribution in [2.45, 2.75) is 26.9 Å². The van der Waals surface area contributed by atoms with Crippen LogP contribution in [0.1, 0.15) is 32.0 Å². The lowest BCUT2D eigenvalue weighted by Gasteiger charge is -2.29. The van der Waals surface area contributed by atoms with Crippen LogP contribution in [-0.4, -0.2) is 29.6 Å². The van der Waals surface area contributed by atoms with Crippen LogP contribution in [0.4, 0.5) is 19.0 Å². The van der Waals surface area contributed by atoms with Crippen molar-refractivity contribution in [2.75, 3.05) is 18.5 Å². The van der Waals surface area contributed by atoms with Gasteiger partial charge < -0.3 is 15.8 Å². The summed E-state index contributed by atoms with van der Waals surface area (Å²) in [6.07, 6.45) is -4.55. The van der Waals surface area contributed by atoms with Gasteiger partial charge in [-0.3, -0.25) is 0 Å². The Morgan fingerprint density at radius 3 is 2.33 bits per heavy atom. The molecule has 0 unspecified atom stereocenters. The van der Waals surface area contributed by atoms with Crippen molar-refractivity contribution in [3.8, 4) is 0 Å². The first-order valence-corrected chi connectivity index (χ1v) is 6.23. The van der Waals surface area contributed by atoms with E-state index in [-0.39, 0.29) is 22.6 Å². The molecule has 0 aliphatic carbocycles. The van der Waals surface area contributed by atoms with Crippen LogP contribution in [0.2, 0.25) is 0 Å². The van der Waals surface area contributed by atoms with Crippen molar-refractivity contribution in [2.24, 2.45) is 16.3 Å². The summed E-state index contributed by atoms with van der Waals surface area (Å²) in [7, 11) is 1.61. The molecule has 0 saturated heterocycles. The van der Waals surface area contributed by atoms with E-state index < -0.39 is 11.9 Å². The highest BCUT2D eigenvalue weighted by molar-refractivity contribution is 6.01. The number of aromatic nitrogens is 1. The van der Waals surface area contributed by atoms with E-state index in [1.54, 1.807) is 11.9 Å². The molecule has 0 aliphatic rings. The highest BCUT2D eigenvalue weighted by Gasteiger charge is 2.34. The third-order valence-electron chi connectivity index (χ3n) is 2.62. The van der Waals surface area contributed by atoms with Gasteiger partial charge in [0.2, 0.25) is 0 Å². The van der Waals surface area contributed by atoms with E-state index in [4.69, 9.17) is 10.9 Å². The molecule has 3 N–H and O–H groups in total. The van der Waals surface area contributed by atoms with Crippen LogP contribution in [0.15, 0.2) is 17.3 Å². The number of alkyl halides is 3. The van der Waals surface area contributed by atoms with Gasteiger partial charge >= 0.3 is 6.18 Å². The summed E-state index contributed by atoms with van der Waals surface area (Å²) in [4.78, 5) is 5.18. The molecule has 0 radical (unpaired) electrons. The highest BCUT2D eigenvalue weighted by atomic mass is 19.4. The van der Waals surface area contributed by atoms with Crippen molar-refractivity contribution < 1.29 is 18.4 Å². The van der Waals surface area contributed by atoms with Crippen LogP contribution in [0.5, 0.6) is 0 Å². The van der Waals surface area contributed by atoms with Crippen LogP contribution in [0.25, 0.3) is 0 Å². The number of pyridine rings is 1. The summed E-state index contributed by atoms with van der Waals surface area (Å²) in [5.41, 5.74) is 4.48. The highest BCUT2D eigenvalue weighted by Crippen LogP contribution is 2.31. The lowest BCUT2D eigenvalue weighted by molar-refractivity contribution is -0.141. The first-order chi connectivity index (χ1) is 9.45. The van der Waals surface area contributed by atoms with Crippen molar-refractivity contribution in [3.05, 3.63) is 23.4 Å². The first-order valence-electron chi connectivity index (χ1n) is 6.23. The average molecular weight is 304 g/mol. The van der Waals surface area contributed by atoms with E-state index in [9.17, 15) is 13.2 Å². The fourth-order valence-electron chi connectivity index (χ4n) is 1.94. The molecule has 0 atom stereocenters. The number of rotatable bonds is 3. The minimum absolute atomic E-state index is 0.0232. The number of nitrogens with zero attached hydrogens (tertiary/aromatic N) is 3. The van der Waals surface area contributed by atoms with Crippen LogP contribution in [0.3, 0.4) is 0 Å². The maximum atomic E-state index is 12.8. The molecular formula is C13H19F3N4O. The Morgan fingerprint density at radius 1 is 1.33 bits per heavy atom. The number of anilines is 1. The Kier molecular flexibility index (Phi) is 4.70.